The van der Waals surface area contributed by atoms with E-state index in [2.05, 4.69) is 4.98 Å². The number of rotatable bonds is 5. The first-order chi connectivity index (χ1) is 12.5. The normalized spacial score (nSPS) is 12.1. The van der Waals surface area contributed by atoms with Crippen LogP contribution in [-0.2, 0) is 16.1 Å². The summed E-state index contributed by atoms with van der Waals surface area (Å²) in [5, 5.41) is 1.51. The smallest absolute Gasteiger partial charge is 0.325 e. The standard InChI is InChI=1S/C19H17ClN2O3S/c1-12(13-7-3-5-9-15(13)20)26-19-21-16-10-6-4-8-14(16)18(24)22(19)11-17(23)25-2/h3-10,12H,11H2,1-2H3/t12-/m0/s1. The number of esters is 1. The first-order valence-electron chi connectivity index (χ1n) is 7.98. The van der Waals surface area contributed by atoms with E-state index in [1.807, 2.05) is 37.3 Å². The molecule has 1 aromatic heterocycles. The molecular weight excluding hydrogens is 372 g/mol. The molecule has 0 aliphatic carbocycles. The molecule has 5 nitrogen and oxygen atoms in total. The number of hydrogen-bond acceptors (Lipinski definition) is 5. The molecule has 0 fully saturated rings. The van der Waals surface area contributed by atoms with Gasteiger partial charge in [0.25, 0.3) is 5.56 Å². The molecule has 0 amide bonds. The van der Waals surface area contributed by atoms with Gasteiger partial charge in [-0.3, -0.25) is 14.2 Å². The van der Waals surface area contributed by atoms with Crippen LogP contribution in [-0.4, -0.2) is 22.6 Å². The van der Waals surface area contributed by atoms with E-state index in [0.29, 0.717) is 21.1 Å². The fourth-order valence-corrected chi connectivity index (χ4v) is 4.04. The Bertz CT molecular complexity index is 1020. The number of halogens is 1. The average Bonchev–Trinajstić information content (AvgIpc) is 2.65. The Morgan fingerprint density at radius 1 is 1.23 bits per heavy atom. The second-order valence-electron chi connectivity index (χ2n) is 5.66. The molecule has 0 unspecified atom stereocenters. The molecule has 1 heterocycles. The van der Waals surface area contributed by atoms with Gasteiger partial charge in [0.15, 0.2) is 5.16 Å². The van der Waals surface area contributed by atoms with Crippen LogP contribution in [0.1, 0.15) is 17.7 Å². The topological polar surface area (TPSA) is 61.2 Å². The van der Waals surface area contributed by atoms with Gasteiger partial charge in [0.05, 0.1) is 18.0 Å². The summed E-state index contributed by atoms with van der Waals surface area (Å²) in [7, 11) is 1.29. The lowest BCUT2D eigenvalue weighted by molar-refractivity contribution is -0.141. The van der Waals surface area contributed by atoms with Crippen molar-refractivity contribution in [2.24, 2.45) is 0 Å². The fraction of sp³-hybridized carbons (Fsp3) is 0.211. The van der Waals surface area contributed by atoms with Gasteiger partial charge in [0, 0.05) is 10.3 Å². The molecular formula is C19H17ClN2O3S. The number of ether oxygens (including phenoxy) is 1. The van der Waals surface area contributed by atoms with Crippen molar-refractivity contribution in [3.63, 3.8) is 0 Å². The maximum atomic E-state index is 12.9. The number of benzene rings is 2. The van der Waals surface area contributed by atoms with Crippen LogP contribution in [0, 0.1) is 0 Å². The molecule has 7 heteroatoms. The summed E-state index contributed by atoms with van der Waals surface area (Å²) in [6.07, 6.45) is 0. The fourth-order valence-electron chi connectivity index (χ4n) is 2.60. The monoisotopic (exact) mass is 388 g/mol. The summed E-state index contributed by atoms with van der Waals surface area (Å²) < 4.78 is 6.08. The van der Waals surface area contributed by atoms with Crippen LogP contribution in [0.15, 0.2) is 58.5 Å². The van der Waals surface area contributed by atoms with E-state index in [1.165, 1.54) is 23.4 Å². The summed E-state index contributed by atoms with van der Waals surface area (Å²) in [5.41, 5.74) is 1.26. The second-order valence-corrected chi connectivity index (χ2v) is 7.38. The highest BCUT2D eigenvalue weighted by atomic mass is 35.5. The highest BCUT2D eigenvalue weighted by Gasteiger charge is 2.18. The quantitative estimate of drug-likeness (QED) is 0.374. The van der Waals surface area contributed by atoms with Gasteiger partial charge >= 0.3 is 5.97 Å². The molecule has 0 spiro atoms. The van der Waals surface area contributed by atoms with Crippen molar-refractivity contribution >= 4 is 40.2 Å². The number of fused-ring (bicyclic) bond motifs is 1. The van der Waals surface area contributed by atoms with Crippen molar-refractivity contribution in [3.05, 3.63) is 69.5 Å². The Balaban J connectivity index is 2.08. The zero-order valence-corrected chi connectivity index (χ0v) is 15.9. The lowest BCUT2D eigenvalue weighted by Crippen LogP contribution is -2.27. The molecule has 0 saturated heterocycles. The number of hydrogen-bond donors (Lipinski definition) is 0. The molecule has 0 aliphatic rings. The predicted molar refractivity (Wildman–Crippen MR) is 104 cm³/mol. The number of nitrogens with zero attached hydrogens (tertiary/aromatic N) is 2. The zero-order valence-electron chi connectivity index (χ0n) is 14.3. The lowest BCUT2D eigenvalue weighted by Gasteiger charge is -2.16. The third kappa shape index (κ3) is 3.76. The number of thioether (sulfide) groups is 1. The molecule has 3 rings (SSSR count). The Kier molecular flexibility index (Phi) is 5.64. The van der Waals surface area contributed by atoms with E-state index in [1.54, 1.807) is 18.2 Å². The van der Waals surface area contributed by atoms with Gasteiger partial charge in [-0.25, -0.2) is 4.98 Å². The van der Waals surface area contributed by atoms with E-state index < -0.39 is 5.97 Å². The number of methoxy groups -OCH3 is 1. The minimum absolute atomic E-state index is 0.0549. The minimum atomic E-state index is -0.503. The van der Waals surface area contributed by atoms with Gasteiger partial charge in [-0.15, -0.1) is 0 Å². The van der Waals surface area contributed by atoms with Crippen molar-refractivity contribution in [2.45, 2.75) is 23.9 Å². The Morgan fingerprint density at radius 3 is 2.65 bits per heavy atom. The maximum Gasteiger partial charge on any atom is 0.325 e. The maximum absolute atomic E-state index is 12.9. The second kappa shape index (κ2) is 7.93. The number of aromatic nitrogens is 2. The van der Waals surface area contributed by atoms with Crippen LogP contribution in [0.4, 0.5) is 0 Å². The highest BCUT2D eigenvalue weighted by Crippen LogP contribution is 2.37. The van der Waals surface area contributed by atoms with E-state index in [9.17, 15) is 9.59 Å². The largest absolute Gasteiger partial charge is 0.468 e. The third-order valence-electron chi connectivity index (χ3n) is 3.97. The molecule has 0 bridgehead atoms. The van der Waals surface area contributed by atoms with Crippen LogP contribution in [0.25, 0.3) is 10.9 Å². The van der Waals surface area contributed by atoms with E-state index >= 15 is 0 Å². The van der Waals surface area contributed by atoms with Gasteiger partial charge in [-0.05, 0) is 30.7 Å². The van der Waals surface area contributed by atoms with Gasteiger partial charge < -0.3 is 4.74 Å². The van der Waals surface area contributed by atoms with Crippen molar-refractivity contribution in [2.75, 3.05) is 7.11 Å². The lowest BCUT2D eigenvalue weighted by atomic mass is 10.2. The molecule has 0 N–H and O–H groups in total. The van der Waals surface area contributed by atoms with Crippen LogP contribution >= 0.6 is 23.4 Å². The van der Waals surface area contributed by atoms with Crippen LogP contribution in [0.3, 0.4) is 0 Å². The summed E-state index contributed by atoms with van der Waals surface area (Å²) in [6.45, 7) is 1.79. The van der Waals surface area contributed by atoms with Crippen molar-refractivity contribution in [1.29, 1.82) is 0 Å². The molecule has 26 heavy (non-hydrogen) atoms. The van der Waals surface area contributed by atoms with Gasteiger partial charge in [0.2, 0.25) is 0 Å². The SMILES string of the molecule is COC(=O)Cn1c(S[C@@H](C)c2ccccc2Cl)nc2ccccc2c1=O. The van der Waals surface area contributed by atoms with Crippen LogP contribution in [0.5, 0.6) is 0 Å². The molecule has 0 aliphatic heterocycles. The number of carbonyl (C=O) groups is 1. The first-order valence-corrected chi connectivity index (χ1v) is 9.24. The summed E-state index contributed by atoms with van der Waals surface area (Å²) in [5.74, 6) is -0.503. The van der Waals surface area contributed by atoms with Gasteiger partial charge in [-0.2, -0.15) is 0 Å². The molecule has 0 saturated carbocycles. The summed E-state index contributed by atoms with van der Waals surface area (Å²) in [6, 6.07) is 14.6. The van der Waals surface area contributed by atoms with Gasteiger partial charge in [0.1, 0.15) is 6.54 Å². The molecule has 2 aromatic carbocycles. The van der Waals surface area contributed by atoms with E-state index in [0.717, 1.165) is 5.56 Å². The van der Waals surface area contributed by atoms with Gasteiger partial charge in [-0.1, -0.05) is 53.7 Å². The molecule has 134 valence electrons. The van der Waals surface area contributed by atoms with Crippen molar-refractivity contribution < 1.29 is 9.53 Å². The molecule has 0 radical (unpaired) electrons. The minimum Gasteiger partial charge on any atom is -0.468 e. The molecule has 1 atom stereocenters. The van der Waals surface area contributed by atoms with Crippen molar-refractivity contribution in [3.8, 4) is 0 Å². The first kappa shape index (κ1) is 18.5. The zero-order chi connectivity index (χ0) is 18.7. The van der Waals surface area contributed by atoms with Crippen LogP contribution in [0.2, 0.25) is 5.02 Å². The third-order valence-corrected chi connectivity index (χ3v) is 5.44. The summed E-state index contributed by atoms with van der Waals surface area (Å²) in [4.78, 5) is 29.2. The summed E-state index contributed by atoms with van der Waals surface area (Å²) >= 11 is 7.66. The predicted octanol–water partition coefficient (Wildman–Crippen LogP) is 4.08. The number of carbonyl (C=O) groups excluding carboxylic acids is 1. The number of para-hydroxylation sites is 1. The van der Waals surface area contributed by atoms with E-state index in [4.69, 9.17) is 16.3 Å². The van der Waals surface area contributed by atoms with E-state index in [-0.39, 0.29) is 17.4 Å². The highest BCUT2D eigenvalue weighted by molar-refractivity contribution is 7.99. The van der Waals surface area contributed by atoms with Crippen molar-refractivity contribution in [1.82, 2.24) is 9.55 Å². The molecule has 3 aromatic rings. The Hall–Kier alpha value is -2.31. The average molecular weight is 389 g/mol. The Labute approximate surface area is 160 Å². The Morgan fingerprint density at radius 2 is 1.92 bits per heavy atom. The van der Waals surface area contributed by atoms with Crippen LogP contribution < -0.4 is 5.56 Å².